The first kappa shape index (κ1) is 36.8. The molecule has 0 radical (unpaired) electrons. The van der Waals surface area contributed by atoms with E-state index in [0.29, 0.717) is 6.42 Å². The summed E-state index contributed by atoms with van der Waals surface area (Å²) < 4.78 is 9.94. The highest BCUT2D eigenvalue weighted by molar-refractivity contribution is 5.90. The molecule has 7 N–H and O–H groups in total. The Balaban J connectivity index is 2.87. The molecule has 0 saturated heterocycles. The van der Waals surface area contributed by atoms with Crippen LogP contribution in [0.4, 0.5) is 4.79 Å². The number of carboxylic acids is 1. The Labute approximate surface area is 251 Å². The number of hydrogen-bond donors (Lipinski definition) is 6. The molecule has 0 aliphatic carbocycles. The van der Waals surface area contributed by atoms with Crippen LogP contribution in [0.15, 0.2) is 30.3 Å². The normalized spacial score (nSPS) is 13.4. The smallest absolute Gasteiger partial charge is 0.330 e. The first-order chi connectivity index (χ1) is 20.5. The lowest BCUT2D eigenvalue weighted by atomic mass is 10.0. The third-order valence-corrected chi connectivity index (χ3v) is 6.43. The van der Waals surface area contributed by atoms with Crippen molar-refractivity contribution in [1.82, 2.24) is 21.3 Å². The zero-order valence-electron chi connectivity index (χ0n) is 25.1. The van der Waals surface area contributed by atoms with Crippen LogP contribution in [-0.4, -0.2) is 78.7 Å². The minimum absolute atomic E-state index is 0.0212. The molecule has 0 aromatic heterocycles. The van der Waals surface area contributed by atoms with Gasteiger partial charge in [-0.3, -0.25) is 19.2 Å². The summed E-state index contributed by atoms with van der Waals surface area (Å²) in [6.45, 7) is 2.94. The van der Waals surface area contributed by atoms with Crippen molar-refractivity contribution in [2.45, 2.75) is 96.0 Å². The van der Waals surface area contributed by atoms with Crippen LogP contribution in [0, 0.1) is 0 Å². The van der Waals surface area contributed by atoms with Gasteiger partial charge < -0.3 is 41.6 Å². The molecule has 0 heterocycles. The molecule has 4 amide bonds. The van der Waals surface area contributed by atoms with Crippen LogP contribution < -0.4 is 27.0 Å². The molecule has 2 unspecified atom stereocenters. The lowest BCUT2D eigenvalue weighted by Gasteiger charge is -2.22. The number of benzene rings is 1. The van der Waals surface area contributed by atoms with Crippen LogP contribution in [0.25, 0.3) is 0 Å². The number of nitrogens with one attached hydrogen (secondary N) is 4. The van der Waals surface area contributed by atoms with E-state index in [9.17, 15) is 28.8 Å². The number of rotatable bonds is 20. The molecule has 0 aliphatic rings. The number of carbonyl (C=O) groups is 6. The van der Waals surface area contributed by atoms with Crippen molar-refractivity contribution in [1.29, 1.82) is 0 Å². The summed E-state index contributed by atoms with van der Waals surface area (Å²) in [7, 11) is 1.19. The van der Waals surface area contributed by atoms with Crippen molar-refractivity contribution in [3.8, 4) is 0 Å². The first-order valence-electron chi connectivity index (χ1n) is 14.4. The second-order valence-electron chi connectivity index (χ2n) is 10.1. The van der Waals surface area contributed by atoms with Gasteiger partial charge >= 0.3 is 23.9 Å². The maximum Gasteiger partial charge on any atom is 0.330 e. The minimum atomic E-state index is -1.27. The third kappa shape index (κ3) is 15.6. The van der Waals surface area contributed by atoms with E-state index in [2.05, 4.69) is 26.0 Å². The van der Waals surface area contributed by atoms with Crippen molar-refractivity contribution < 1.29 is 43.3 Å². The predicted octanol–water partition coefficient (Wildman–Crippen LogP) is 1.11. The number of nitrogens with two attached hydrogens (primary N) is 1. The van der Waals surface area contributed by atoms with Crippen LogP contribution in [0.3, 0.4) is 0 Å². The second-order valence-corrected chi connectivity index (χ2v) is 10.1. The number of unbranched alkanes of at least 4 members (excludes halogenated alkanes) is 3. The molecule has 14 nitrogen and oxygen atoms in total. The molecular formula is C29H45N5O9. The van der Waals surface area contributed by atoms with Crippen LogP contribution in [0.5, 0.6) is 0 Å². The predicted molar refractivity (Wildman–Crippen MR) is 156 cm³/mol. The zero-order valence-corrected chi connectivity index (χ0v) is 25.1. The monoisotopic (exact) mass is 607 g/mol. The van der Waals surface area contributed by atoms with Gasteiger partial charge in [-0.2, -0.15) is 0 Å². The first-order valence-corrected chi connectivity index (χ1v) is 14.4. The standard InChI is InChI=1S/C29H45N5O9/c1-4-5-6-10-16-24(35)33-23(28(40)43-18-20-12-8-7-9-13-20)17-31-29(41)34-22(25(36)32-19(2)26(37)38)15-11-14-21(30)27(39)42-3/h7-9,12-13,19,21-23H,4-6,10-11,14-18,30H2,1-3H3,(H,32,36)(H,33,35)(H,37,38)(H2,31,34,41)/t19-,21?,22+,23?/m1/s1. The summed E-state index contributed by atoms with van der Waals surface area (Å²) in [4.78, 5) is 73.7. The van der Waals surface area contributed by atoms with Gasteiger partial charge in [0.15, 0.2) is 0 Å². The zero-order chi connectivity index (χ0) is 32.2. The van der Waals surface area contributed by atoms with E-state index in [1.165, 1.54) is 14.0 Å². The van der Waals surface area contributed by atoms with Gasteiger partial charge in [0.25, 0.3) is 0 Å². The highest BCUT2D eigenvalue weighted by atomic mass is 16.5. The van der Waals surface area contributed by atoms with Crippen molar-refractivity contribution >= 4 is 35.8 Å². The van der Waals surface area contributed by atoms with Gasteiger partial charge in [0.1, 0.15) is 30.8 Å². The molecule has 0 saturated carbocycles. The summed E-state index contributed by atoms with van der Waals surface area (Å²) in [6.07, 6.45) is 4.08. The molecule has 240 valence electrons. The Morgan fingerprint density at radius 1 is 0.884 bits per heavy atom. The molecule has 0 fully saturated rings. The number of ether oxygens (including phenoxy) is 2. The fourth-order valence-electron chi connectivity index (χ4n) is 3.86. The number of carbonyl (C=O) groups excluding carboxylic acids is 5. The van der Waals surface area contributed by atoms with Crippen molar-refractivity contribution in [3.05, 3.63) is 35.9 Å². The molecule has 0 bridgehead atoms. The highest BCUT2D eigenvalue weighted by Gasteiger charge is 2.27. The van der Waals surface area contributed by atoms with E-state index in [1.807, 2.05) is 13.0 Å². The van der Waals surface area contributed by atoms with E-state index in [-0.39, 0.29) is 44.7 Å². The third-order valence-electron chi connectivity index (χ3n) is 6.43. The summed E-state index contributed by atoms with van der Waals surface area (Å²) in [5, 5.41) is 19.0. The Bertz CT molecular complexity index is 1050. The average molecular weight is 608 g/mol. The lowest BCUT2D eigenvalue weighted by molar-refractivity contribution is -0.149. The van der Waals surface area contributed by atoms with Crippen molar-refractivity contribution in [2.24, 2.45) is 5.73 Å². The van der Waals surface area contributed by atoms with Gasteiger partial charge in [-0.25, -0.2) is 9.59 Å². The molecule has 0 spiro atoms. The van der Waals surface area contributed by atoms with Crippen LogP contribution >= 0.6 is 0 Å². The number of hydrogen-bond acceptors (Lipinski definition) is 9. The van der Waals surface area contributed by atoms with E-state index >= 15 is 0 Å². The Morgan fingerprint density at radius 3 is 2.21 bits per heavy atom. The number of urea groups is 1. The Hall–Kier alpha value is -4.20. The van der Waals surface area contributed by atoms with Crippen molar-refractivity contribution in [3.63, 3.8) is 0 Å². The van der Waals surface area contributed by atoms with Gasteiger partial charge in [-0.1, -0.05) is 56.5 Å². The van der Waals surface area contributed by atoms with Crippen LogP contribution in [-0.2, 0) is 40.1 Å². The molecule has 0 aliphatic heterocycles. The molecule has 4 atom stereocenters. The second kappa shape index (κ2) is 20.6. The molecule has 1 rings (SSSR count). The highest BCUT2D eigenvalue weighted by Crippen LogP contribution is 2.07. The maximum atomic E-state index is 12.9. The number of methoxy groups -OCH3 is 1. The summed E-state index contributed by atoms with van der Waals surface area (Å²) in [6, 6.07) is 3.53. The lowest BCUT2D eigenvalue weighted by Crippen LogP contribution is -2.55. The largest absolute Gasteiger partial charge is 0.480 e. The van der Waals surface area contributed by atoms with E-state index in [4.69, 9.17) is 15.6 Å². The van der Waals surface area contributed by atoms with Crippen LogP contribution in [0.1, 0.15) is 70.8 Å². The van der Waals surface area contributed by atoms with E-state index in [1.54, 1.807) is 24.3 Å². The molecule has 43 heavy (non-hydrogen) atoms. The van der Waals surface area contributed by atoms with Crippen LogP contribution in [0.2, 0.25) is 0 Å². The van der Waals surface area contributed by atoms with Gasteiger partial charge in [0.2, 0.25) is 11.8 Å². The number of carboxylic acid groups (broad SMARTS) is 1. The van der Waals surface area contributed by atoms with Gasteiger partial charge in [-0.05, 0) is 38.2 Å². The molecular weight excluding hydrogens is 562 g/mol. The van der Waals surface area contributed by atoms with Gasteiger partial charge in [0, 0.05) is 6.42 Å². The Kier molecular flexibility index (Phi) is 17.7. The quantitative estimate of drug-likeness (QED) is 0.0917. The number of esters is 2. The fourth-order valence-corrected chi connectivity index (χ4v) is 3.86. The topological polar surface area (TPSA) is 215 Å². The summed E-state index contributed by atoms with van der Waals surface area (Å²) in [5.41, 5.74) is 6.48. The summed E-state index contributed by atoms with van der Waals surface area (Å²) in [5.74, 6) is -3.81. The number of amides is 4. The fraction of sp³-hybridized carbons (Fsp3) is 0.586. The van der Waals surface area contributed by atoms with E-state index in [0.717, 1.165) is 24.8 Å². The molecule has 14 heteroatoms. The number of aliphatic carboxylic acids is 1. The van der Waals surface area contributed by atoms with Gasteiger partial charge in [0.05, 0.1) is 13.7 Å². The maximum absolute atomic E-state index is 12.9. The SMILES string of the molecule is CCCCCCC(=O)NC(CNC(=O)N[C@@H](CCCC(N)C(=O)OC)C(=O)N[C@H](C)C(=O)O)C(=O)OCc1ccccc1. The summed E-state index contributed by atoms with van der Waals surface area (Å²) >= 11 is 0. The van der Waals surface area contributed by atoms with Gasteiger partial charge in [-0.15, -0.1) is 0 Å². The molecule has 1 aromatic rings. The van der Waals surface area contributed by atoms with Crippen molar-refractivity contribution in [2.75, 3.05) is 13.7 Å². The minimum Gasteiger partial charge on any atom is -0.480 e. The van der Waals surface area contributed by atoms with E-state index < -0.39 is 54.0 Å². The Morgan fingerprint density at radius 2 is 1.58 bits per heavy atom. The molecule has 1 aromatic carbocycles. The average Bonchev–Trinajstić information content (AvgIpc) is 2.99.